The smallest absolute Gasteiger partial charge is 0.191 e. The first kappa shape index (κ1) is 23.9. The van der Waals surface area contributed by atoms with Crippen LogP contribution >= 0.6 is 35.6 Å². The highest BCUT2D eigenvalue weighted by molar-refractivity contribution is 14.0. The van der Waals surface area contributed by atoms with Crippen molar-refractivity contribution in [3.8, 4) is 11.5 Å². The molecular weight excluding hydrogens is 527 g/mol. The van der Waals surface area contributed by atoms with Crippen LogP contribution in [-0.2, 0) is 13.1 Å². The summed E-state index contributed by atoms with van der Waals surface area (Å²) in [5.41, 5.74) is 2.41. The van der Waals surface area contributed by atoms with Crippen LogP contribution in [0.25, 0.3) is 0 Å². The summed E-state index contributed by atoms with van der Waals surface area (Å²) in [5.74, 6) is 2.15. The molecule has 0 saturated carbocycles. The zero-order valence-corrected chi connectivity index (χ0v) is 20.9. The van der Waals surface area contributed by atoms with Gasteiger partial charge < -0.3 is 20.1 Å². The molecule has 0 aromatic heterocycles. The fourth-order valence-electron chi connectivity index (χ4n) is 3.92. The molecule has 2 heterocycles. The molecule has 2 aliphatic heterocycles. The monoisotopic (exact) mass is 556 g/mol. The molecule has 8 heteroatoms. The number of likely N-dealkylation sites (tertiary alicyclic amines) is 1. The number of ether oxygens (including phenoxy) is 2. The van der Waals surface area contributed by atoms with E-state index in [9.17, 15) is 0 Å². The molecule has 0 radical (unpaired) electrons. The Kier molecular flexibility index (Phi) is 9.10. The third-order valence-corrected chi connectivity index (χ3v) is 5.80. The summed E-state index contributed by atoms with van der Waals surface area (Å²) in [6.45, 7) is 4.88. The van der Waals surface area contributed by atoms with Crippen molar-refractivity contribution in [2.45, 2.75) is 32.0 Å². The minimum Gasteiger partial charge on any atom is -0.486 e. The van der Waals surface area contributed by atoms with Crippen molar-refractivity contribution in [1.29, 1.82) is 0 Å². The summed E-state index contributed by atoms with van der Waals surface area (Å²) in [6.07, 6.45) is 2.20. The third kappa shape index (κ3) is 6.63. The molecule has 2 N–H and O–H groups in total. The third-order valence-electron chi connectivity index (χ3n) is 5.52. The summed E-state index contributed by atoms with van der Waals surface area (Å²) in [7, 11) is 1.80. The van der Waals surface area contributed by atoms with E-state index in [0.717, 1.165) is 44.0 Å². The lowest BCUT2D eigenvalue weighted by Crippen LogP contribution is -2.48. The maximum Gasteiger partial charge on any atom is 0.191 e. The van der Waals surface area contributed by atoms with Crippen molar-refractivity contribution >= 4 is 41.5 Å². The highest BCUT2D eigenvalue weighted by Gasteiger charge is 2.20. The Bertz CT molecular complexity index is 873. The molecule has 0 spiro atoms. The molecule has 6 nitrogen and oxygen atoms in total. The van der Waals surface area contributed by atoms with Crippen LogP contribution in [0.5, 0.6) is 11.5 Å². The van der Waals surface area contributed by atoms with E-state index >= 15 is 0 Å². The van der Waals surface area contributed by atoms with E-state index in [0.29, 0.717) is 42.3 Å². The van der Waals surface area contributed by atoms with Gasteiger partial charge in [0.15, 0.2) is 17.5 Å². The SMILES string of the molecule is CN=C(NCc1cc(Cl)c2c(c1)OCCO2)NC1CCN(Cc2ccccc2)CC1.I. The molecule has 2 aromatic carbocycles. The number of piperidine rings is 1. The maximum absolute atomic E-state index is 6.34. The fourth-order valence-corrected chi connectivity index (χ4v) is 4.20. The molecule has 0 amide bonds. The van der Waals surface area contributed by atoms with E-state index in [-0.39, 0.29) is 24.0 Å². The van der Waals surface area contributed by atoms with Crippen molar-refractivity contribution < 1.29 is 9.47 Å². The first-order chi connectivity index (χ1) is 14.7. The van der Waals surface area contributed by atoms with Crippen molar-refractivity contribution in [2.24, 2.45) is 4.99 Å². The molecule has 31 heavy (non-hydrogen) atoms. The average Bonchev–Trinajstić information content (AvgIpc) is 2.78. The largest absolute Gasteiger partial charge is 0.486 e. The molecule has 168 valence electrons. The maximum atomic E-state index is 6.34. The quantitative estimate of drug-likeness (QED) is 0.331. The zero-order valence-electron chi connectivity index (χ0n) is 17.8. The Morgan fingerprint density at radius 2 is 1.84 bits per heavy atom. The van der Waals surface area contributed by atoms with Gasteiger partial charge in [0, 0.05) is 39.3 Å². The van der Waals surface area contributed by atoms with E-state index in [1.807, 2.05) is 12.1 Å². The van der Waals surface area contributed by atoms with Gasteiger partial charge >= 0.3 is 0 Å². The number of aliphatic imine (C=N–C) groups is 1. The molecule has 1 fully saturated rings. The Morgan fingerprint density at radius 3 is 2.58 bits per heavy atom. The first-order valence-corrected chi connectivity index (χ1v) is 10.9. The summed E-state index contributed by atoms with van der Waals surface area (Å²) >= 11 is 6.34. The van der Waals surface area contributed by atoms with Gasteiger partial charge in [-0.2, -0.15) is 0 Å². The van der Waals surface area contributed by atoms with Crippen LogP contribution in [-0.4, -0.2) is 50.3 Å². The minimum absolute atomic E-state index is 0. The number of guanidine groups is 1. The number of hydrogen-bond donors (Lipinski definition) is 2. The second kappa shape index (κ2) is 11.8. The Morgan fingerprint density at radius 1 is 1.10 bits per heavy atom. The van der Waals surface area contributed by atoms with Crippen LogP contribution in [0, 0.1) is 0 Å². The van der Waals surface area contributed by atoms with E-state index in [1.54, 1.807) is 7.05 Å². The molecule has 0 aliphatic carbocycles. The van der Waals surface area contributed by atoms with Crippen LogP contribution < -0.4 is 20.1 Å². The summed E-state index contributed by atoms with van der Waals surface area (Å²) in [6, 6.07) is 15.0. The minimum atomic E-state index is 0. The van der Waals surface area contributed by atoms with Gasteiger partial charge in [-0.1, -0.05) is 41.9 Å². The number of halogens is 2. The number of rotatable bonds is 5. The van der Waals surface area contributed by atoms with Gasteiger partial charge in [0.1, 0.15) is 13.2 Å². The van der Waals surface area contributed by atoms with Crippen molar-refractivity contribution in [3.05, 3.63) is 58.6 Å². The van der Waals surface area contributed by atoms with Crippen molar-refractivity contribution in [2.75, 3.05) is 33.4 Å². The average molecular weight is 557 g/mol. The number of hydrogen-bond acceptors (Lipinski definition) is 4. The number of fused-ring (bicyclic) bond motifs is 1. The predicted octanol–water partition coefficient (Wildman–Crippen LogP) is 4.06. The van der Waals surface area contributed by atoms with Gasteiger partial charge in [-0.05, 0) is 36.1 Å². The number of nitrogens with one attached hydrogen (secondary N) is 2. The molecule has 2 aliphatic rings. The van der Waals surface area contributed by atoms with E-state index in [2.05, 4.69) is 50.9 Å². The molecule has 0 atom stereocenters. The molecule has 0 bridgehead atoms. The van der Waals surface area contributed by atoms with Crippen LogP contribution in [0.3, 0.4) is 0 Å². The fraction of sp³-hybridized carbons (Fsp3) is 0.435. The summed E-state index contributed by atoms with van der Waals surface area (Å²) in [4.78, 5) is 6.90. The predicted molar refractivity (Wildman–Crippen MR) is 136 cm³/mol. The lowest BCUT2D eigenvalue weighted by Gasteiger charge is -2.33. The normalized spacial score (nSPS) is 17.0. The lowest BCUT2D eigenvalue weighted by molar-refractivity contribution is 0.171. The Balaban J connectivity index is 0.00000272. The van der Waals surface area contributed by atoms with Gasteiger partial charge in [-0.3, -0.25) is 9.89 Å². The van der Waals surface area contributed by atoms with E-state index < -0.39 is 0 Å². The van der Waals surface area contributed by atoms with Gasteiger partial charge in [-0.15, -0.1) is 24.0 Å². The molecular formula is C23H30ClIN4O2. The first-order valence-electron chi connectivity index (χ1n) is 10.5. The molecule has 1 saturated heterocycles. The second-order valence-corrected chi connectivity index (χ2v) is 8.12. The van der Waals surface area contributed by atoms with Crippen molar-refractivity contribution in [3.63, 3.8) is 0 Å². The van der Waals surface area contributed by atoms with Gasteiger partial charge in [0.25, 0.3) is 0 Å². The second-order valence-electron chi connectivity index (χ2n) is 7.71. The molecule has 0 unspecified atom stereocenters. The highest BCUT2D eigenvalue weighted by atomic mass is 127. The number of benzene rings is 2. The van der Waals surface area contributed by atoms with Crippen molar-refractivity contribution in [1.82, 2.24) is 15.5 Å². The standard InChI is InChI=1S/C23H29ClN4O2.HI/c1-25-23(26-15-18-13-20(24)22-21(14-18)29-11-12-30-22)27-19-7-9-28(10-8-19)16-17-5-3-2-4-6-17;/h2-6,13-14,19H,7-12,15-16H2,1H3,(H2,25,26,27);1H. The van der Waals surface area contributed by atoms with E-state index in [1.165, 1.54) is 5.56 Å². The lowest BCUT2D eigenvalue weighted by atomic mass is 10.0. The van der Waals surface area contributed by atoms with Crippen LogP contribution in [0.15, 0.2) is 47.5 Å². The zero-order chi connectivity index (χ0) is 20.8. The molecule has 4 rings (SSSR count). The summed E-state index contributed by atoms with van der Waals surface area (Å²) in [5, 5.41) is 7.53. The Hall–Kier alpha value is -1.71. The van der Waals surface area contributed by atoms with Gasteiger partial charge in [-0.25, -0.2) is 0 Å². The topological polar surface area (TPSA) is 58.1 Å². The van der Waals surface area contributed by atoms with E-state index in [4.69, 9.17) is 21.1 Å². The highest BCUT2D eigenvalue weighted by Crippen LogP contribution is 2.38. The Labute approximate surface area is 206 Å². The number of nitrogens with zero attached hydrogens (tertiary/aromatic N) is 2. The van der Waals surface area contributed by atoms with Gasteiger partial charge in [0.05, 0.1) is 5.02 Å². The van der Waals surface area contributed by atoms with Crippen LogP contribution in [0.2, 0.25) is 5.02 Å². The van der Waals surface area contributed by atoms with Crippen LogP contribution in [0.4, 0.5) is 0 Å². The van der Waals surface area contributed by atoms with Crippen LogP contribution in [0.1, 0.15) is 24.0 Å². The van der Waals surface area contributed by atoms with Gasteiger partial charge in [0.2, 0.25) is 0 Å². The molecule has 2 aromatic rings. The summed E-state index contributed by atoms with van der Waals surface area (Å²) < 4.78 is 11.2.